The third-order valence-electron chi connectivity index (χ3n) is 3.42. The SMILES string of the molecule is C=CCOP(=O)(OCCC)OC[C@@H](COCC[C@H](C)CC)NC(C)=O. The third-order valence-corrected chi connectivity index (χ3v) is 4.85. The van der Waals surface area contributed by atoms with E-state index >= 15 is 0 Å². The van der Waals surface area contributed by atoms with Crippen LogP contribution in [0.15, 0.2) is 12.7 Å². The maximum Gasteiger partial charge on any atom is 0.475 e. The summed E-state index contributed by atoms with van der Waals surface area (Å²) < 4.78 is 33.9. The van der Waals surface area contributed by atoms with E-state index in [4.69, 9.17) is 18.3 Å². The van der Waals surface area contributed by atoms with E-state index in [-0.39, 0.29) is 32.3 Å². The molecule has 0 spiro atoms. The number of phosphoric ester groups is 1. The predicted octanol–water partition coefficient (Wildman–Crippen LogP) is 3.70. The Morgan fingerprint density at radius 3 is 2.48 bits per heavy atom. The topological polar surface area (TPSA) is 83.1 Å². The summed E-state index contributed by atoms with van der Waals surface area (Å²) in [6.07, 6.45) is 4.19. The van der Waals surface area contributed by atoms with Crippen molar-refractivity contribution in [3.63, 3.8) is 0 Å². The number of rotatable bonds is 16. The lowest BCUT2D eigenvalue weighted by Gasteiger charge is -2.22. The van der Waals surface area contributed by atoms with Gasteiger partial charge >= 0.3 is 7.82 Å². The van der Waals surface area contributed by atoms with Crippen molar-refractivity contribution >= 4 is 13.7 Å². The summed E-state index contributed by atoms with van der Waals surface area (Å²) in [5.74, 6) is 0.376. The molecule has 7 nitrogen and oxygen atoms in total. The number of phosphoric acid groups is 1. The van der Waals surface area contributed by atoms with Crippen LogP contribution in [0.2, 0.25) is 0 Å². The molecule has 0 heterocycles. The zero-order valence-electron chi connectivity index (χ0n) is 16.0. The van der Waals surface area contributed by atoms with Gasteiger partial charge in [-0.25, -0.2) is 4.57 Å². The first kappa shape index (κ1) is 24.3. The number of nitrogens with one attached hydrogen (secondary N) is 1. The molecule has 1 N–H and O–H groups in total. The highest BCUT2D eigenvalue weighted by molar-refractivity contribution is 7.48. The lowest BCUT2D eigenvalue weighted by atomic mass is 10.1. The Morgan fingerprint density at radius 2 is 1.92 bits per heavy atom. The molecule has 1 unspecified atom stereocenters. The summed E-state index contributed by atoms with van der Waals surface area (Å²) in [5.41, 5.74) is 0. The first-order valence-corrected chi connectivity index (χ1v) is 10.3. The average Bonchev–Trinajstić information content (AvgIpc) is 2.59. The molecule has 0 saturated heterocycles. The quantitative estimate of drug-likeness (QED) is 0.250. The molecule has 0 aromatic heterocycles. The highest BCUT2D eigenvalue weighted by Gasteiger charge is 2.28. The monoisotopic (exact) mass is 379 g/mol. The van der Waals surface area contributed by atoms with E-state index in [0.717, 1.165) is 12.8 Å². The van der Waals surface area contributed by atoms with Crippen molar-refractivity contribution in [2.45, 2.75) is 53.0 Å². The minimum absolute atomic E-state index is 0.0267. The number of carbonyl (C=O) groups is 1. The van der Waals surface area contributed by atoms with Crippen molar-refractivity contribution in [1.29, 1.82) is 0 Å². The molecule has 0 radical (unpaired) electrons. The van der Waals surface area contributed by atoms with Crippen LogP contribution in [-0.2, 0) is 27.7 Å². The second-order valence-corrected chi connectivity index (χ2v) is 7.60. The first-order chi connectivity index (χ1) is 11.9. The average molecular weight is 379 g/mol. The Balaban J connectivity index is 4.51. The third kappa shape index (κ3) is 13.2. The summed E-state index contributed by atoms with van der Waals surface area (Å²) in [7, 11) is -3.69. The van der Waals surface area contributed by atoms with Crippen LogP contribution in [0, 0.1) is 5.92 Å². The smallest absolute Gasteiger partial charge is 0.379 e. The summed E-state index contributed by atoms with van der Waals surface area (Å²) in [5, 5.41) is 2.73. The van der Waals surface area contributed by atoms with Crippen molar-refractivity contribution in [2.24, 2.45) is 5.92 Å². The maximum absolute atomic E-state index is 12.5. The van der Waals surface area contributed by atoms with Crippen LogP contribution >= 0.6 is 7.82 Å². The fourth-order valence-corrected chi connectivity index (χ4v) is 3.05. The highest BCUT2D eigenvalue weighted by atomic mass is 31.2. The summed E-state index contributed by atoms with van der Waals surface area (Å²) >= 11 is 0. The predicted molar refractivity (Wildman–Crippen MR) is 98.4 cm³/mol. The largest absolute Gasteiger partial charge is 0.475 e. The van der Waals surface area contributed by atoms with Gasteiger partial charge in [0.25, 0.3) is 0 Å². The van der Waals surface area contributed by atoms with E-state index in [0.29, 0.717) is 18.9 Å². The van der Waals surface area contributed by atoms with Gasteiger partial charge in [0.2, 0.25) is 5.91 Å². The summed E-state index contributed by atoms with van der Waals surface area (Å²) in [4.78, 5) is 11.3. The molecule has 1 amide bonds. The molecule has 148 valence electrons. The van der Waals surface area contributed by atoms with Crippen LogP contribution in [0.3, 0.4) is 0 Å². The number of hydrogen-bond acceptors (Lipinski definition) is 6. The molecule has 0 aliphatic carbocycles. The van der Waals surface area contributed by atoms with Crippen LogP contribution in [-0.4, -0.2) is 45.0 Å². The molecule has 0 fully saturated rings. The highest BCUT2D eigenvalue weighted by Crippen LogP contribution is 2.49. The normalized spacial score (nSPS) is 16.0. The molecule has 25 heavy (non-hydrogen) atoms. The minimum Gasteiger partial charge on any atom is -0.379 e. The molecule has 0 aliphatic rings. The van der Waals surface area contributed by atoms with Crippen molar-refractivity contribution in [3.8, 4) is 0 Å². The molecule has 0 aromatic carbocycles. The van der Waals surface area contributed by atoms with E-state index in [2.05, 4.69) is 25.7 Å². The van der Waals surface area contributed by atoms with E-state index in [1.807, 2.05) is 6.92 Å². The van der Waals surface area contributed by atoms with Gasteiger partial charge in [0, 0.05) is 13.5 Å². The fourth-order valence-electron chi connectivity index (χ4n) is 1.77. The summed E-state index contributed by atoms with van der Waals surface area (Å²) in [6, 6.07) is -0.430. The van der Waals surface area contributed by atoms with Crippen molar-refractivity contribution in [2.75, 3.05) is 33.0 Å². The van der Waals surface area contributed by atoms with Crippen LogP contribution in [0.25, 0.3) is 0 Å². The van der Waals surface area contributed by atoms with Crippen molar-refractivity contribution in [1.82, 2.24) is 5.32 Å². The van der Waals surface area contributed by atoms with E-state index in [1.165, 1.54) is 13.0 Å². The number of amides is 1. The maximum atomic E-state index is 12.5. The second kappa shape index (κ2) is 14.4. The molecular weight excluding hydrogens is 345 g/mol. The number of hydrogen-bond donors (Lipinski definition) is 1. The minimum atomic E-state index is -3.69. The van der Waals surface area contributed by atoms with E-state index in [9.17, 15) is 9.36 Å². The molecule has 0 aromatic rings. The number of ether oxygens (including phenoxy) is 1. The molecule has 0 rings (SSSR count). The van der Waals surface area contributed by atoms with Gasteiger partial charge in [0.1, 0.15) is 0 Å². The van der Waals surface area contributed by atoms with E-state index < -0.39 is 13.9 Å². The van der Waals surface area contributed by atoms with Gasteiger partial charge < -0.3 is 10.1 Å². The van der Waals surface area contributed by atoms with Crippen LogP contribution < -0.4 is 5.32 Å². The van der Waals surface area contributed by atoms with Gasteiger partial charge in [0.05, 0.1) is 32.5 Å². The van der Waals surface area contributed by atoms with Crippen LogP contribution in [0.5, 0.6) is 0 Å². The Hall–Kier alpha value is -0.720. The van der Waals surface area contributed by atoms with Crippen LogP contribution in [0.1, 0.15) is 47.0 Å². The molecule has 0 aliphatic heterocycles. The molecular formula is C17H34NO6P. The zero-order valence-corrected chi connectivity index (χ0v) is 16.9. The van der Waals surface area contributed by atoms with Gasteiger partial charge in [-0.15, -0.1) is 6.58 Å². The Bertz CT molecular complexity index is 418. The lowest BCUT2D eigenvalue weighted by Crippen LogP contribution is -2.40. The standard InChI is InChI=1S/C17H34NO6P/c1-6-10-22-25(20,23-11-7-2)24-14-17(18-16(5)19)13-21-12-9-15(4)8-3/h6,15,17H,1,7-14H2,2-5H3,(H,18,19)/t15-,17-,25?/m1/s1. The van der Waals surface area contributed by atoms with Crippen molar-refractivity contribution in [3.05, 3.63) is 12.7 Å². The Labute approximate surface area is 152 Å². The summed E-state index contributed by atoms with van der Waals surface area (Å²) in [6.45, 7) is 12.3. The van der Waals surface area contributed by atoms with Gasteiger partial charge in [-0.1, -0.05) is 33.3 Å². The fraction of sp³-hybridized carbons (Fsp3) is 0.824. The van der Waals surface area contributed by atoms with E-state index in [1.54, 1.807) is 0 Å². The van der Waals surface area contributed by atoms with Gasteiger partial charge in [-0.05, 0) is 18.8 Å². The van der Waals surface area contributed by atoms with Crippen LogP contribution in [0.4, 0.5) is 0 Å². The zero-order chi connectivity index (χ0) is 19.1. The van der Waals surface area contributed by atoms with Gasteiger partial charge in [0.15, 0.2) is 0 Å². The second-order valence-electron chi connectivity index (χ2n) is 5.94. The Morgan fingerprint density at radius 1 is 1.20 bits per heavy atom. The first-order valence-electron chi connectivity index (χ1n) is 8.86. The number of carbonyl (C=O) groups excluding carboxylic acids is 1. The molecule has 8 heteroatoms. The lowest BCUT2D eigenvalue weighted by molar-refractivity contribution is -0.120. The Kier molecular flexibility index (Phi) is 14.0. The molecule has 0 bridgehead atoms. The van der Waals surface area contributed by atoms with Gasteiger partial charge in [-0.2, -0.15) is 0 Å². The molecule has 0 saturated carbocycles. The molecule has 3 atom stereocenters. The van der Waals surface area contributed by atoms with Crippen molar-refractivity contribution < 1.29 is 27.7 Å². The van der Waals surface area contributed by atoms with Gasteiger partial charge in [-0.3, -0.25) is 18.4 Å².